The van der Waals surface area contributed by atoms with Gasteiger partial charge >= 0.3 is 6.18 Å². The molecule has 1 aliphatic rings. The van der Waals surface area contributed by atoms with Gasteiger partial charge < -0.3 is 0 Å². The van der Waals surface area contributed by atoms with Crippen molar-refractivity contribution in [3.8, 4) is 11.1 Å². The molecule has 0 aromatic heterocycles. The Morgan fingerprint density at radius 3 is 2.38 bits per heavy atom. The number of hydrogen-bond acceptors (Lipinski definition) is 0. The molecule has 0 nitrogen and oxygen atoms in total. The number of alkyl halides is 3. The van der Waals surface area contributed by atoms with Gasteiger partial charge in [-0.2, -0.15) is 13.2 Å². The predicted molar refractivity (Wildman–Crippen MR) is 91.7 cm³/mol. The molecular formula is C21H15F3. The van der Waals surface area contributed by atoms with Crippen LogP contribution in [0, 0.1) is 0 Å². The summed E-state index contributed by atoms with van der Waals surface area (Å²) in [6.45, 7) is 1.88. The Labute approximate surface area is 138 Å². The zero-order valence-corrected chi connectivity index (χ0v) is 13.1. The summed E-state index contributed by atoms with van der Waals surface area (Å²) in [4.78, 5) is 0. The first-order valence-corrected chi connectivity index (χ1v) is 7.83. The van der Waals surface area contributed by atoms with Gasteiger partial charge in [0.05, 0.1) is 5.56 Å². The van der Waals surface area contributed by atoms with Crippen molar-refractivity contribution in [2.45, 2.75) is 19.5 Å². The molecule has 0 saturated heterocycles. The fourth-order valence-electron chi connectivity index (χ4n) is 3.56. The average molecular weight is 324 g/mol. The lowest BCUT2D eigenvalue weighted by atomic mass is 9.90. The highest BCUT2D eigenvalue weighted by Gasteiger charge is 2.35. The summed E-state index contributed by atoms with van der Waals surface area (Å²) in [5.74, 6) is 0. The van der Waals surface area contributed by atoms with Crippen LogP contribution in [0.15, 0.2) is 60.2 Å². The fraction of sp³-hybridized carbons (Fsp3) is 0.143. The normalized spacial score (nSPS) is 13.9. The molecule has 0 N–H and O–H groups in total. The van der Waals surface area contributed by atoms with Crippen LogP contribution in [0.5, 0.6) is 0 Å². The van der Waals surface area contributed by atoms with Crippen LogP contribution in [-0.2, 0) is 12.6 Å². The number of benzene rings is 3. The molecule has 0 bridgehead atoms. The number of allylic oxidation sites excluding steroid dienone is 1. The van der Waals surface area contributed by atoms with E-state index in [-0.39, 0.29) is 0 Å². The second kappa shape index (κ2) is 5.23. The standard InChI is InChI=1S/C21H15F3/c1-13-11-18-17(9-10-20(19(18)12-13)21(22,23)24)16-8-4-6-14-5-2-3-7-15(14)16/h2-11H,12H2,1H3. The van der Waals surface area contributed by atoms with Gasteiger partial charge in [-0.25, -0.2) is 0 Å². The van der Waals surface area contributed by atoms with Crippen LogP contribution >= 0.6 is 0 Å². The lowest BCUT2D eigenvalue weighted by Crippen LogP contribution is -2.09. The van der Waals surface area contributed by atoms with E-state index in [1.54, 1.807) is 6.07 Å². The molecule has 0 unspecified atom stereocenters. The molecule has 0 spiro atoms. The molecule has 4 rings (SSSR count). The van der Waals surface area contributed by atoms with Crippen molar-refractivity contribution in [3.63, 3.8) is 0 Å². The van der Waals surface area contributed by atoms with Gasteiger partial charge in [-0.1, -0.05) is 60.2 Å². The average Bonchev–Trinajstić information content (AvgIpc) is 2.93. The third-order valence-corrected chi connectivity index (χ3v) is 4.59. The summed E-state index contributed by atoms with van der Waals surface area (Å²) in [5, 5.41) is 2.14. The molecule has 0 radical (unpaired) electrons. The van der Waals surface area contributed by atoms with Crippen LogP contribution in [0.3, 0.4) is 0 Å². The van der Waals surface area contributed by atoms with Crippen LogP contribution in [0.25, 0.3) is 28.0 Å². The fourth-order valence-corrected chi connectivity index (χ4v) is 3.56. The highest BCUT2D eigenvalue weighted by atomic mass is 19.4. The monoisotopic (exact) mass is 324 g/mol. The van der Waals surface area contributed by atoms with Gasteiger partial charge in [0.25, 0.3) is 0 Å². The molecular weight excluding hydrogens is 309 g/mol. The van der Waals surface area contributed by atoms with E-state index < -0.39 is 11.7 Å². The summed E-state index contributed by atoms with van der Waals surface area (Å²) in [5.41, 5.74) is 3.39. The first-order chi connectivity index (χ1) is 11.4. The minimum atomic E-state index is -4.32. The van der Waals surface area contributed by atoms with Crippen LogP contribution in [0.1, 0.15) is 23.6 Å². The summed E-state index contributed by atoms with van der Waals surface area (Å²) >= 11 is 0. The Balaban J connectivity index is 2.02. The van der Waals surface area contributed by atoms with E-state index in [9.17, 15) is 13.2 Å². The first kappa shape index (κ1) is 15.0. The number of hydrogen-bond donors (Lipinski definition) is 0. The van der Waals surface area contributed by atoms with Gasteiger partial charge in [-0.15, -0.1) is 0 Å². The summed E-state index contributed by atoms with van der Waals surface area (Å²) < 4.78 is 40.0. The maximum atomic E-state index is 13.3. The molecule has 0 aliphatic heterocycles. The van der Waals surface area contributed by atoms with Crippen LogP contribution in [0.2, 0.25) is 0 Å². The molecule has 0 heterocycles. The number of fused-ring (bicyclic) bond motifs is 2. The van der Waals surface area contributed by atoms with E-state index in [4.69, 9.17) is 0 Å². The lowest BCUT2D eigenvalue weighted by molar-refractivity contribution is -0.138. The number of halogens is 3. The van der Waals surface area contributed by atoms with E-state index in [0.717, 1.165) is 27.5 Å². The Morgan fingerprint density at radius 1 is 0.833 bits per heavy atom. The van der Waals surface area contributed by atoms with Gasteiger partial charge in [0, 0.05) is 0 Å². The molecule has 24 heavy (non-hydrogen) atoms. The molecule has 1 aliphatic carbocycles. The minimum absolute atomic E-state index is 0.364. The van der Waals surface area contributed by atoms with Crippen molar-refractivity contribution < 1.29 is 13.2 Å². The van der Waals surface area contributed by atoms with Crippen molar-refractivity contribution in [2.24, 2.45) is 0 Å². The Bertz CT molecular complexity index is 973. The molecule has 3 aromatic carbocycles. The Morgan fingerprint density at radius 2 is 1.58 bits per heavy atom. The zero-order chi connectivity index (χ0) is 16.9. The molecule has 0 fully saturated rings. The van der Waals surface area contributed by atoms with Crippen molar-refractivity contribution in [2.75, 3.05) is 0 Å². The van der Waals surface area contributed by atoms with Gasteiger partial charge in [0.1, 0.15) is 0 Å². The second-order valence-corrected chi connectivity index (χ2v) is 6.24. The summed E-state index contributed by atoms with van der Waals surface area (Å²) in [6, 6.07) is 16.7. The van der Waals surface area contributed by atoms with Crippen molar-refractivity contribution >= 4 is 16.8 Å². The van der Waals surface area contributed by atoms with Gasteiger partial charge in [0.15, 0.2) is 0 Å². The molecule has 3 aromatic rings. The predicted octanol–water partition coefficient (Wildman–Crippen LogP) is 6.49. The van der Waals surface area contributed by atoms with Gasteiger partial charge in [-0.05, 0) is 52.4 Å². The third kappa shape index (κ3) is 2.32. The van der Waals surface area contributed by atoms with E-state index in [1.165, 1.54) is 6.07 Å². The van der Waals surface area contributed by atoms with E-state index in [1.807, 2.05) is 55.5 Å². The summed E-state index contributed by atoms with van der Waals surface area (Å²) in [6.07, 6.45) is -2.07. The molecule has 0 amide bonds. The molecule has 0 atom stereocenters. The molecule has 120 valence electrons. The Hall–Kier alpha value is -2.55. The maximum Gasteiger partial charge on any atom is 0.416 e. The molecule has 0 saturated carbocycles. The van der Waals surface area contributed by atoms with Crippen LogP contribution < -0.4 is 0 Å². The lowest BCUT2D eigenvalue weighted by Gasteiger charge is -2.16. The SMILES string of the molecule is CC1=Cc2c(-c3cccc4ccccc34)ccc(C(F)(F)F)c2C1. The highest BCUT2D eigenvalue weighted by Crippen LogP contribution is 2.43. The second-order valence-electron chi connectivity index (χ2n) is 6.24. The first-order valence-electron chi connectivity index (χ1n) is 7.83. The van der Waals surface area contributed by atoms with E-state index >= 15 is 0 Å². The Kier molecular flexibility index (Phi) is 3.27. The smallest absolute Gasteiger partial charge is 0.166 e. The van der Waals surface area contributed by atoms with Crippen molar-refractivity contribution in [1.29, 1.82) is 0 Å². The summed E-state index contributed by atoms with van der Waals surface area (Å²) in [7, 11) is 0. The topological polar surface area (TPSA) is 0 Å². The maximum absolute atomic E-state index is 13.3. The van der Waals surface area contributed by atoms with E-state index in [0.29, 0.717) is 17.5 Å². The van der Waals surface area contributed by atoms with Gasteiger partial charge in [0.2, 0.25) is 0 Å². The minimum Gasteiger partial charge on any atom is -0.166 e. The quantitative estimate of drug-likeness (QED) is 0.480. The van der Waals surface area contributed by atoms with Crippen molar-refractivity contribution in [3.05, 3.63) is 76.9 Å². The molecule has 3 heteroatoms. The highest BCUT2D eigenvalue weighted by molar-refractivity contribution is 5.99. The number of rotatable bonds is 1. The van der Waals surface area contributed by atoms with E-state index in [2.05, 4.69) is 0 Å². The zero-order valence-electron chi connectivity index (χ0n) is 13.1. The van der Waals surface area contributed by atoms with Crippen LogP contribution in [0.4, 0.5) is 13.2 Å². The van der Waals surface area contributed by atoms with Gasteiger partial charge in [-0.3, -0.25) is 0 Å². The third-order valence-electron chi connectivity index (χ3n) is 4.59. The largest absolute Gasteiger partial charge is 0.416 e. The van der Waals surface area contributed by atoms with Crippen LogP contribution in [-0.4, -0.2) is 0 Å². The van der Waals surface area contributed by atoms with Crippen molar-refractivity contribution in [1.82, 2.24) is 0 Å².